The molecule has 0 N–H and O–H groups in total. The maximum Gasteiger partial charge on any atom is 0.266 e. The van der Waals surface area contributed by atoms with Crippen LogP contribution in [0.5, 0.6) is 0 Å². The van der Waals surface area contributed by atoms with E-state index in [0.717, 1.165) is 0 Å². The van der Waals surface area contributed by atoms with Crippen molar-refractivity contribution in [3.8, 4) is 0 Å². The van der Waals surface area contributed by atoms with Crippen molar-refractivity contribution < 1.29 is 4.70 Å². The third-order valence-electron chi connectivity index (χ3n) is 0.980. The minimum absolute atomic E-state index is 0. The van der Waals surface area contributed by atoms with Crippen molar-refractivity contribution in [1.29, 1.82) is 0 Å². The molecule has 0 aliphatic rings. The lowest BCUT2D eigenvalue weighted by atomic mass is 11.2. The van der Waals surface area contributed by atoms with Crippen LogP contribution >= 0.6 is 0 Å². The maximum atomic E-state index is 2.19. The van der Waals surface area contributed by atoms with Crippen molar-refractivity contribution in [1.82, 2.24) is 12.9 Å². The summed E-state index contributed by atoms with van der Waals surface area (Å²) in [6.07, 6.45) is 0. The second kappa shape index (κ2) is 5.77. The van der Waals surface area contributed by atoms with E-state index in [1.54, 1.807) is 0 Å². The molecule has 0 aromatic heterocycles. The van der Waals surface area contributed by atoms with Gasteiger partial charge in [0.15, 0.2) is 0 Å². The number of rotatable bonds is 3. The number of halogens is 1. The van der Waals surface area contributed by atoms with E-state index < -0.39 is 0 Å². The number of hydrogen-bond acceptors (Lipinski definition) is 3. The zero-order valence-corrected chi connectivity index (χ0v) is 8.97. The molecule has 70 valence electrons. The van der Waals surface area contributed by atoms with Gasteiger partial charge in [-0.3, -0.25) is 4.70 Å². The molecule has 0 radical (unpaired) electrons. The highest BCUT2D eigenvalue weighted by molar-refractivity contribution is 7.90. The Morgan fingerprint density at radius 1 is 0.636 bits per heavy atom. The van der Waals surface area contributed by atoms with Gasteiger partial charge in [0, 0.05) is 42.3 Å². The molecule has 0 aromatic rings. The fraction of sp³-hybridized carbons (Fsp3) is 1.00. The van der Waals surface area contributed by atoms with Gasteiger partial charge in [-0.15, -0.1) is 0 Å². The van der Waals surface area contributed by atoms with Crippen LogP contribution in [0, 0.1) is 0 Å². The lowest BCUT2D eigenvalue weighted by Gasteiger charge is -2.20. The van der Waals surface area contributed by atoms with Crippen LogP contribution in [0.3, 0.4) is 0 Å². The van der Waals surface area contributed by atoms with Crippen molar-refractivity contribution in [2.45, 2.75) is 0 Å². The van der Waals surface area contributed by atoms with Gasteiger partial charge in [-0.2, -0.15) is 0 Å². The van der Waals surface area contributed by atoms with E-state index in [4.69, 9.17) is 0 Å². The van der Waals surface area contributed by atoms with E-state index in [2.05, 4.69) is 55.2 Å². The Bertz CT molecular complexity index is 78.8. The van der Waals surface area contributed by atoms with Crippen LogP contribution in [0.25, 0.3) is 0 Å². The fourth-order valence-electron chi connectivity index (χ4n) is 0.980. The Morgan fingerprint density at radius 2 is 0.818 bits per heavy atom. The molecular formula is C6H19FN3S+. The molecule has 0 aromatic carbocycles. The lowest BCUT2D eigenvalue weighted by molar-refractivity contribution is 0.511. The second-order valence-corrected chi connectivity index (χ2v) is 5.36. The van der Waals surface area contributed by atoms with Gasteiger partial charge in [0.1, 0.15) is 0 Å². The summed E-state index contributed by atoms with van der Waals surface area (Å²) in [4.78, 5) is 0. The molecule has 0 saturated carbocycles. The van der Waals surface area contributed by atoms with E-state index in [-0.39, 0.29) is 16.2 Å². The number of hydrogen-bond donors (Lipinski definition) is 0. The van der Waals surface area contributed by atoms with Crippen molar-refractivity contribution >= 4 is 11.5 Å². The lowest BCUT2D eigenvalue weighted by Crippen LogP contribution is -2.44. The van der Waals surface area contributed by atoms with Gasteiger partial charge < -0.3 is 0 Å². The van der Waals surface area contributed by atoms with Gasteiger partial charge in [-0.25, -0.2) is 0 Å². The molecule has 0 atom stereocenters. The molecule has 0 amide bonds. The van der Waals surface area contributed by atoms with E-state index in [1.165, 1.54) is 0 Å². The summed E-state index contributed by atoms with van der Waals surface area (Å²) in [7, 11) is 12.5. The van der Waals surface area contributed by atoms with Crippen molar-refractivity contribution in [3.63, 3.8) is 0 Å². The van der Waals surface area contributed by atoms with Gasteiger partial charge in [-0.05, 0) is 0 Å². The first-order chi connectivity index (χ1) is 4.46. The summed E-state index contributed by atoms with van der Waals surface area (Å²) in [5.74, 6) is 0. The van der Waals surface area contributed by atoms with Crippen molar-refractivity contribution in [2.24, 2.45) is 0 Å². The van der Waals surface area contributed by atoms with Gasteiger partial charge in [0.05, 0.1) is 0 Å². The molecule has 3 nitrogen and oxygen atoms in total. The SMILES string of the molecule is CN(C)[S+](N(C)C)N(C)C.F. The normalized spacial score (nSPS) is 11.5. The molecule has 0 fully saturated rings. The summed E-state index contributed by atoms with van der Waals surface area (Å²) in [5, 5.41) is 0. The van der Waals surface area contributed by atoms with Gasteiger partial charge in [-0.1, -0.05) is 12.9 Å². The average Bonchev–Trinajstić information content (AvgIpc) is 1.59. The topological polar surface area (TPSA) is 9.72 Å². The predicted octanol–water partition coefficient (Wildman–Crippen LogP) is 0.187. The summed E-state index contributed by atoms with van der Waals surface area (Å²) >= 11 is 0.120. The molecule has 11 heavy (non-hydrogen) atoms. The first-order valence-corrected chi connectivity index (χ1v) is 4.33. The third-order valence-corrected chi connectivity index (χ3v) is 2.94. The zero-order chi connectivity index (χ0) is 8.31. The Kier molecular flexibility index (Phi) is 7.20. The molecular weight excluding hydrogens is 165 g/mol. The van der Waals surface area contributed by atoms with Crippen LogP contribution in [0.15, 0.2) is 0 Å². The summed E-state index contributed by atoms with van der Waals surface area (Å²) in [6.45, 7) is 0. The summed E-state index contributed by atoms with van der Waals surface area (Å²) in [5.41, 5.74) is 0. The Morgan fingerprint density at radius 3 is 0.818 bits per heavy atom. The molecule has 5 heteroatoms. The first kappa shape index (κ1) is 13.7. The minimum atomic E-state index is 0. The van der Waals surface area contributed by atoms with Gasteiger partial charge in [0.25, 0.3) is 11.5 Å². The van der Waals surface area contributed by atoms with Gasteiger partial charge >= 0.3 is 0 Å². The van der Waals surface area contributed by atoms with Crippen LogP contribution in [-0.4, -0.2) is 55.2 Å². The Labute approximate surface area is 72.1 Å². The van der Waals surface area contributed by atoms with Crippen LogP contribution in [0.1, 0.15) is 0 Å². The van der Waals surface area contributed by atoms with Crippen molar-refractivity contribution in [2.75, 3.05) is 42.3 Å². The van der Waals surface area contributed by atoms with E-state index in [9.17, 15) is 0 Å². The first-order valence-electron chi connectivity index (χ1n) is 3.23. The monoisotopic (exact) mass is 184 g/mol. The Hall–Kier alpha value is 0.160. The summed E-state index contributed by atoms with van der Waals surface area (Å²) in [6, 6.07) is 0. The molecule has 0 rings (SSSR count). The standard InChI is InChI=1S/C6H18N3S.FH/c1-7(2)10(8(3)4)9(5)6;/h1-6H3;1H/q+1;. The van der Waals surface area contributed by atoms with E-state index in [0.29, 0.717) is 0 Å². The van der Waals surface area contributed by atoms with E-state index in [1.807, 2.05) is 0 Å². The van der Waals surface area contributed by atoms with Crippen molar-refractivity contribution in [3.05, 3.63) is 0 Å². The van der Waals surface area contributed by atoms with Gasteiger partial charge in [0.2, 0.25) is 0 Å². The highest BCUT2D eigenvalue weighted by Gasteiger charge is 2.29. The number of nitrogens with zero attached hydrogens (tertiary/aromatic N) is 3. The molecule has 0 aliphatic heterocycles. The van der Waals surface area contributed by atoms with Crippen LogP contribution < -0.4 is 0 Å². The highest BCUT2D eigenvalue weighted by atomic mass is 32.2. The summed E-state index contributed by atoms with van der Waals surface area (Å²) < 4.78 is 6.58. The van der Waals surface area contributed by atoms with Crippen LogP contribution in [0.4, 0.5) is 4.70 Å². The maximum absolute atomic E-state index is 2.19. The van der Waals surface area contributed by atoms with Crippen LogP contribution in [-0.2, 0) is 11.5 Å². The minimum Gasteiger partial charge on any atom is -0.269 e. The van der Waals surface area contributed by atoms with Crippen LogP contribution in [0.2, 0.25) is 0 Å². The molecule has 0 unspecified atom stereocenters. The second-order valence-electron chi connectivity index (χ2n) is 2.68. The predicted molar refractivity (Wildman–Crippen MR) is 50.9 cm³/mol. The molecule has 0 bridgehead atoms. The molecule has 0 saturated heterocycles. The smallest absolute Gasteiger partial charge is 0.266 e. The molecule has 0 heterocycles. The zero-order valence-electron chi connectivity index (χ0n) is 8.16. The highest BCUT2D eigenvalue weighted by Crippen LogP contribution is 2.05. The van der Waals surface area contributed by atoms with E-state index >= 15 is 0 Å². The average molecular weight is 184 g/mol. The quantitative estimate of drug-likeness (QED) is 0.580. The molecule has 0 spiro atoms. The Balaban J connectivity index is 0. The largest absolute Gasteiger partial charge is 0.269 e. The molecule has 0 aliphatic carbocycles. The fourth-order valence-corrected chi connectivity index (χ4v) is 2.94. The third kappa shape index (κ3) is 4.58.